The Labute approximate surface area is 49.7 Å². The fourth-order valence-electron chi connectivity index (χ4n) is 1.25. The molecular formula is C6H13NO. The number of aliphatic hydroxyl groups is 1. The molecule has 1 aliphatic carbocycles. The maximum Gasteiger partial charge on any atom is 0.0558 e. The highest BCUT2D eigenvalue weighted by Gasteiger charge is 2.26. The summed E-state index contributed by atoms with van der Waals surface area (Å²) in [6, 6.07) is 0.241. The molecule has 2 nitrogen and oxygen atoms in total. The molecule has 1 saturated carbocycles. The van der Waals surface area contributed by atoms with Crippen LogP contribution in [0.25, 0.3) is 0 Å². The Morgan fingerprint density at radius 1 is 1.50 bits per heavy atom. The van der Waals surface area contributed by atoms with Crippen molar-refractivity contribution in [3.05, 3.63) is 0 Å². The van der Waals surface area contributed by atoms with Crippen LogP contribution in [-0.2, 0) is 0 Å². The van der Waals surface area contributed by atoms with E-state index < -0.39 is 0 Å². The van der Waals surface area contributed by atoms with Gasteiger partial charge in [0.05, 0.1) is 6.10 Å². The second-order valence-electron chi connectivity index (χ2n) is 2.77. The van der Waals surface area contributed by atoms with Crippen LogP contribution in [0.15, 0.2) is 0 Å². The molecule has 0 aromatic heterocycles. The van der Waals surface area contributed by atoms with Crippen molar-refractivity contribution in [3.63, 3.8) is 0 Å². The molecule has 0 unspecified atom stereocenters. The zero-order valence-electron chi connectivity index (χ0n) is 5.17. The van der Waals surface area contributed by atoms with Crippen LogP contribution in [0.4, 0.5) is 0 Å². The van der Waals surface area contributed by atoms with Gasteiger partial charge in [0, 0.05) is 6.04 Å². The summed E-state index contributed by atoms with van der Waals surface area (Å²) in [7, 11) is 0. The standard InChI is InChI=1S/C6H13NO/c1-4-2-5(8)3-6(4)7/h4-6,8H,2-3,7H2,1H3/t4-,5-,6-/m1/s1. The Bertz CT molecular complexity index is 74.6. The first-order valence-electron chi connectivity index (χ1n) is 3.14. The number of nitrogens with two attached hydrogens (primary N) is 1. The van der Waals surface area contributed by atoms with E-state index in [0.29, 0.717) is 5.92 Å². The van der Waals surface area contributed by atoms with Gasteiger partial charge in [0.15, 0.2) is 0 Å². The van der Waals surface area contributed by atoms with Gasteiger partial charge in [0.25, 0.3) is 0 Å². The van der Waals surface area contributed by atoms with Gasteiger partial charge in [-0.3, -0.25) is 0 Å². The van der Waals surface area contributed by atoms with Gasteiger partial charge < -0.3 is 10.8 Å². The number of hydrogen-bond acceptors (Lipinski definition) is 2. The van der Waals surface area contributed by atoms with Crippen molar-refractivity contribution >= 4 is 0 Å². The third-order valence-electron chi connectivity index (χ3n) is 1.92. The van der Waals surface area contributed by atoms with Crippen molar-refractivity contribution in [1.82, 2.24) is 0 Å². The van der Waals surface area contributed by atoms with Crippen molar-refractivity contribution in [3.8, 4) is 0 Å². The van der Waals surface area contributed by atoms with Crippen LogP contribution < -0.4 is 5.73 Å². The van der Waals surface area contributed by atoms with Crippen LogP contribution in [0.1, 0.15) is 19.8 Å². The van der Waals surface area contributed by atoms with Crippen molar-refractivity contribution in [2.45, 2.75) is 31.9 Å². The lowest BCUT2D eigenvalue weighted by atomic mass is 10.1. The molecular weight excluding hydrogens is 102 g/mol. The Morgan fingerprint density at radius 2 is 2.12 bits per heavy atom. The summed E-state index contributed by atoms with van der Waals surface area (Å²) in [5.74, 6) is 0.519. The molecule has 0 bridgehead atoms. The minimum Gasteiger partial charge on any atom is -0.393 e. The fourth-order valence-corrected chi connectivity index (χ4v) is 1.25. The van der Waals surface area contributed by atoms with E-state index >= 15 is 0 Å². The molecule has 0 heterocycles. The van der Waals surface area contributed by atoms with Crippen LogP contribution in [0, 0.1) is 5.92 Å². The summed E-state index contributed by atoms with van der Waals surface area (Å²) in [5.41, 5.74) is 5.61. The van der Waals surface area contributed by atoms with Crippen LogP contribution in [-0.4, -0.2) is 17.3 Å². The molecule has 3 atom stereocenters. The van der Waals surface area contributed by atoms with E-state index in [0.717, 1.165) is 12.8 Å². The van der Waals surface area contributed by atoms with Gasteiger partial charge in [0.1, 0.15) is 0 Å². The van der Waals surface area contributed by atoms with Gasteiger partial charge in [-0.2, -0.15) is 0 Å². The van der Waals surface area contributed by atoms with Gasteiger partial charge in [-0.1, -0.05) is 6.92 Å². The lowest BCUT2D eigenvalue weighted by Gasteiger charge is -2.04. The Morgan fingerprint density at radius 3 is 2.25 bits per heavy atom. The Hall–Kier alpha value is -0.0800. The first-order valence-corrected chi connectivity index (χ1v) is 3.14. The molecule has 1 aliphatic rings. The smallest absolute Gasteiger partial charge is 0.0558 e. The molecule has 0 spiro atoms. The van der Waals surface area contributed by atoms with E-state index in [-0.39, 0.29) is 12.1 Å². The fraction of sp³-hybridized carbons (Fsp3) is 1.00. The summed E-state index contributed by atoms with van der Waals surface area (Å²) in [6.45, 7) is 2.08. The van der Waals surface area contributed by atoms with Gasteiger partial charge in [-0.25, -0.2) is 0 Å². The maximum absolute atomic E-state index is 8.99. The molecule has 8 heavy (non-hydrogen) atoms. The summed E-state index contributed by atoms with van der Waals surface area (Å²) in [5, 5.41) is 8.99. The van der Waals surface area contributed by atoms with E-state index in [9.17, 15) is 0 Å². The normalized spacial score (nSPS) is 47.6. The van der Waals surface area contributed by atoms with E-state index in [1.165, 1.54) is 0 Å². The minimum atomic E-state index is -0.125. The topological polar surface area (TPSA) is 46.2 Å². The third-order valence-corrected chi connectivity index (χ3v) is 1.92. The third kappa shape index (κ3) is 1.01. The molecule has 0 saturated heterocycles. The summed E-state index contributed by atoms with van der Waals surface area (Å²) >= 11 is 0. The lowest BCUT2D eigenvalue weighted by molar-refractivity contribution is 0.178. The molecule has 0 aromatic rings. The molecule has 1 rings (SSSR count). The highest BCUT2D eigenvalue weighted by atomic mass is 16.3. The number of aliphatic hydroxyl groups excluding tert-OH is 1. The first kappa shape index (κ1) is 6.05. The molecule has 0 aromatic carbocycles. The minimum absolute atomic E-state index is 0.125. The SMILES string of the molecule is C[C@@H]1C[C@@H](O)C[C@H]1N. The highest BCUT2D eigenvalue weighted by Crippen LogP contribution is 2.23. The van der Waals surface area contributed by atoms with Crippen LogP contribution in [0.2, 0.25) is 0 Å². The molecule has 0 amide bonds. The van der Waals surface area contributed by atoms with Crippen LogP contribution >= 0.6 is 0 Å². The Balaban J connectivity index is 2.39. The first-order chi connectivity index (χ1) is 3.70. The molecule has 2 heteroatoms. The van der Waals surface area contributed by atoms with Gasteiger partial charge in [0.2, 0.25) is 0 Å². The molecule has 0 radical (unpaired) electrons. The number of hydrogen-bond donors (Lipinski definition) is 2. The zero-order valence-corrected chi connectivity index (χ0v) is 5.17. The molecule has 1 fully saturated rings. The van der Waals surface area contributed by atoms with Crippen LogP contribution in [0.5, 0.6) is 0 Å². The zero-order chi connectivity index (χ0) is 6.15. The van der Waals surface area contributed by atoms with Gasteiger partial charge >= 0.3 is 0 Å². The maximum atomic E-state index is 8.99. The largest absolute Gasteiger partial charge is 0.393 e. The average Bonchev–Trinajstić information content (AvgIpc) is 1.85. The average molecular weight is 115 g/mol. The molecule has 0 aliphatic heterocycles. The van der Waals surface area contributed by atoms with E-state index in [1.54, 1.807) is 0 Å². The second-order valence-corrected chi connectivity index (χ2v) is 2.77. The summed E-state index contributed by atoms with van der Waals surface area (Å²) < 4.78 is 0. The van der Waals surface area contributed by atoms with Gasteiger partial charge in [-0.15, -0.1) is 0 Å². The molecule has 48 valence electrons. The highest BCUT2D eigenvalue weighted by molar-refractivity contribution is 4.82. The van der Waals surface area contributed by atoms with E-state index in [1.807, 2.05) is 0 Å². The van der Waals surface area contributed by atoms with E-state index in [2.05, 4.69) is 6.92 Å². The van der Waals surface area contributed by atoms with Crippen molar-refractivity contribution in [1.29, 1.82) is 0 Å². The van der Waals surface area contributed by atoms with Crippen molar-refractivity contribution in [2.75, 3.05) is 0 Å². The van der Waals surface area contributed by atoms with Crippen molar-refractivity contribution < 1.29 is 5.11 Å². The molecule has 3 N–H and O–H groups in total. The quantitative estimate of drug-likeness (QED) is 0.470. The lowest BCUT2D eigenvalue weighted by Crippen LogP contribution is -2.22. The van der Waals surface area contributed by atoms with Crippen LogP contribution in [0.3, 0.4) is 0 Å². The van der Waals surface area contributed by atoms with Gasteiger partial charge in [-0.05, 0) is 18.8 Å². The monoisotopic (exact) mass is 115 g/mol. The summed E-state index contributed by atoms with van der Waals surface area (Å²) in [6.07, 6.45) is 1.56. The second kappa shape index (κ2) is 2.03. The predicted molar refractivity (Wildman–Crippen MR) is 32.4 cm³/mol. The predicted octanol–water partition coefficient (Wildman–Crippen LogP) is 0.104. The Kier molecular flexibility index (Phi) is 1.54. The number of rotatable bonds is 0. The van der Waals surface area contributed by atoms with E-state index in [4.69, 9.17) is 10.8 Å². The summed E-state index contributed by atoms with van der Waals surface area (Å²) in [4.78, 5) is 0. The van der Waals surface area contributed by atoms with Crippen molar-refractivity contribution in [2.24, 2.45) is 11.7 Å².